The maximum atomic E-state index is 12.7. The molecule has 0 amide bonds. The highest BCUT2D eigenvalue weighted by molar-refractivity contribution is 6.32. The lowest BCUT2D eigenvalue weighted by Gasteiger charge is -2.24. The van der Waals surface area contributed by atoms with Crippen LogP contribution >= 0.6 is 11.6 Å². The summed E-state index contributed by atoms with van der Waals surface area (Å²) in [6.45, 7) is 4.08. The lowest BCUT2D eigenvalue weighted by atomic mass is 9.79. The monoisotopic (exact) mass is 302 g/mol. The van der Waals surface area contributed by atoms with Crippen molar-refractivity contribution in [2.45, 2.75) is 26.2 Å². The molecule has 1 aliphatic carbocycles. The number of halogens is 1. The molecular weight excluding hydrogens is 288 g/mol. The van der Waals surface area contributed by atoms with Crippen LogP contribution < -0.4 is 0 Å². The predicted molar refractivity (Wildman–Crippen MR) is 81.6 cm³/mol. The van der Waals surface area contributed by atoms with E-state index in [0.717, 1.165) is 11.1 Å². The standard InChI is InChI=1S/C17H15ClO3/c1-8(2)9-3-5-13(19)15-10(9)7-11-12(18)4-6-14(20)16(11)17(15)21/h3-6,8,19-20H,7H2,1-2H3. The second-order valence-electron chi connectivity index (χ2n) is 5.61. The molecule has 0 radical (unpaired) electrons. The van der Waals surface area contributed by atoms with Crippen LogP contribution in [0.1, 0.15) is 52.4 Å². The van der Waals surface area contributed by atoms with E-state index in [2.05, 4.69) is 0 Å². The molecule has 21 heavy (non-hydrogen) atoms. The summed E-state index contributed by atoms with van der Waals surface area (Å²) in [5.74, 6) is -0.292. The first-order valence-corrected chi connectivity index (χ1v) is 7.19. The molecule has 2 N–H and O–H groups in total. The summed E-state index contributed by atoms with van der Waals surface area (Å²) in [7, 11) is 0. The molecule has 0 aliphatic heterocycles. The fourth-order valence-electron chi connectivity index (χ4n) is 2.97. The zero-order valence-electron chi connectivity index (χ0n) is 11.8. The first kappa shape index (κ1) is 14.0. The second-order valence-corrected chi connectivity index (χ2v) is 6.02. The zero-order chi connectivity index (χ0) is 15.3. The van der Waals surface area contributed by atoms with Crippen molar-refractivity contribution < 1.29 is 15.0 Å². The molecule has 0 spiro atoms. The molecule has 2 aromatic carbocycles. The summed E-state index contributed by atoms with van der Waals surface area (Å²) in [4.78, 5) is 12.7. The van der Waals surface area contributed by atoms with Gasteiger partial charge in [-0.05, 0) is 40.8 Å². The molecular formula is C17H15ClO3. The first-order valence-electron chi connectivity index (χ1n) is 6.81. The normalized spacial score (nSPS) is 13.2. The van der Waals surface area contributed by atoms with Crippen molar-refractivity contribution in [1.82, 2.24) is 0 Å². The van der Waals surface area contributed by atoms with Crippen LogP contribution in [0.25, 0.3) is 0 Å². The number of fused-ring (bicyclic) bond motifs is 2. The third-order valence-corrected chi connectivity index (χ3v) is 4.34. The quantitative estimate of drug-likeness (QED) is 0.714. The van der Waals surface area contributed by atoms with Crippen LogP contribution in [0, 0.1) is 0 Å². The van der Waals surface area contributed by atoms with E-state index >= 15 is 0 Å². The van der Waals surface area contributed by atoms with Crippen LogP contribution in [0.5, 0.6) is 11.5 Å². The van der Waals surface area contributed by atoms with Gasteiger partial charge in [-0.1, -0.05) is 31.5 Å². The molecule has 0 heterocycles. The highest BCUT2D eigenvalue weighted by atomic mass is 35.5. The Morgan fingerprint density at radius 2 is 1.57 bits per heavy atom. The van der Waals surface area contributed by atoms with Crippen molar-refractivity contribution in [3.05, 3.63) is 57.1 Å². The van der Waals surface area contributed by atoms with Crippen molar-refractivity contribution >= 4 is 17.4 Å². The fraction of sp³-hybridized carbons (Fsp3) is 0.235. The molecule has 4 heteroatoms. The first-order chi connectivity index (χ1) is 9.91. The number of hydrogen-bond donors (Lipinski definition) is 2. The zero-order valence-corrected chi connectivity index (χ0v) is 12.5. The predicted octanol–water partition coefficient (Wildman–Crippen LogP) is 4.01. The van der Waals surface area contributed by atoms with E-state index in [1.165, 1.54) is 6.07 Å². The summed E-state index contributed by atoms with van der Waals surface area (Å²) in [5.41, 5.74) is 2.93. The lowest BCUT2D eigenvalue weighted by molar-refractivity contribution is 0.102. The number of ketones is 1. The third-order valence-electron chi connectivity index (χ3n) is 3.99. The summed E-state index contributed by atoms with van der Waals surface area (Å²) in [5, 5.41) is 20.5. The van der Waals surface area contributed by atoms with Crippen LogP contribution in [0.15, 0.2) is 24.3 Å². The van der Waals surface area contributed by atoms with Gasteiger partial charge in [0.2, 0.25) is 5.78 Å². The molecule has 0 saturated heterocycles. The fourth-order valence-corrected chi connectivity index (χ4v) is 3.20. The minimum atomic E-state index is -0.369. The number of carbonyl (C=O) groups is 1. The molecule has 0 saturated carbocycles. The van der Waals surface area contributed by atoms with Gasteiger partial charge in [-0.15, -0.1) is 0 Å². The molecule has 0 bridgehead atoms. The topological polar surface area (TPSA) is 57.5 Å². The molecule has 2 aromatic rings. The Morgan fingerprint density at radius 1 is 1.00 bits per heavy atom. The van der Waals surface area contributed by atoms with Crippen LogP contribution in [-0.4, -0.2) is 16.0 Å². The Morgan fingerprint density at radius 3 is 2.19 bits per heavy atom. The highest BCUT2D eigenvalue weighted by Crippen LogP contribution is 2.41. The molecule has 3 rings (SSSR count). The van der Waals surface area contributed by atoms with Gasteiger partial charge in [0.25, 0.3) is 0 Å². The number of carbonyl (C=O) groups excluding carboxylic acids is 1. The van der Waals surface area contributed by atoms with Gasteiger partial charge in [0.1, 0.15) is 11.5 Å². The summed E-state index contributed by atoms with van der Waals surface area (Å²) < 4.78 is 0. The Balaban J connectivity index is 2.33. The van der Waals surface area contributed by atoms with E-state index in [1.807, 2.05) is 19.9 Å². The van der Waals surface area contributed by atoms with Gasteiger partial charge in [-0.25, -0.2) is 0 Å². The Kier molecular flexibility index (Phi) is 3.18. The van der Waals surface area contributed by atoms with Gasteiger partial charge in [-0.3, -0.25) is 4.79 Å². The van der Waals surface area contributed by atoms with Crippen molar-refractivity contribution in [2.75, 3.05) is 0 Å². The van der Waals surface area contributed by atoms with Gasteiger partial charge >= 0.3 is 0 Å². The molecule has 0 aromatic heterocycles. The van der Waals surface area contributed by atoms with E-state index in [1.54, 1.807) is 12.1 Å². The molecule has 3 nitrogen and oxygen atoms in total. The van der Waals surface area contributed by atoms with Gasteiger partial charge < -0.3 is 10.2 Å². The molecule has 1 aliphatic rings. The number of phenolic OH excluding ortho intramolecular Hbond substituents is 2. The van der Waals surface area contributed by atoms with Crippen molar-refractivity contribution in [3.63, 3.8) is 0 Å². The van der Waals surface area contributed by atoms with E-state index < -0.39 is 0 Å². The minimum absolute atomic E-state index is 0.0515. The van der Waals surface area contributed by atoms with E-state index in [9.17, 15) is 15.0 Å². The SMILES string of the molecule is CC(C)c1ccc(O)c2c1Cc1c(Cl)ccc(O)c1C2=O. The third kappa shape index (κ3) is 2.00. The highest BCUT2D eigenvalue weighted by Gasteiger charge is 2.32. The van der Waals surface area contributed by atoms with Crippen molar-refractivity contribution in [2.24, 2.45) is 0 Å². The largest absolute Gasteiger partial charge is 0.507 e. The van der Waals surface area contributed by atoms with E-state index in [4.69, 9.17) is 11.6 Å². The molecule has 108 valence electrons. The van der Waals surface area contributed by atoms with E-state index in [-0.39, 0.29) is 34.3 Å². The Labute approximate surface area is 127 Å². The average Bonchev–Trinajstić information content (AvgIpc) is 2.42. The second kappa shape index (κ2) is 4.78. The molecule has 0 unspecified atom stereocenters. The van der Waals surface area contributed by atoms with Crippen LogP contribution in [-0.2, 0) is 6.42 Å². The molecule has 0 fully saturated rings. The van der Waals surface area contributed by atoms with Crippen LogP contribution in [0.4, 0.5) is 0 Å². The average molecular weight is 303 g/mol. The smallest absolute Gasteiger partial charge is 0.201 e. The number of phenols is 2. The maximum Gasteiger partial charge on any atom is 0.201 e. The Bertz CT molecular complexity index is 763. The summed E-state index contributed by atoms with van der Waals surface area (Å²) >= 11 is 6.19. The van der Waals surface area contributed by atoms with E-state index in [0.29, 0.717) is 17.0 Å². The number of aromatic hydroxyl groups is 2. The number of hydrogen-bond acceptors (Lipinski definition) is 3. The van der Waals surface area contributed by atoms with Crippen LogP contribution in [0.2, 0.25) is 5.02 Å². The van der Waals surface area contributed by atoms with Gasteiger partial charge in [-0.2, -0.15) is 0 Å². The maximum absolute atomic E-state index is 12.7. The summed E-state index contributed by atoms with van der Waals surface area (Å²) in [6, 6.07) is 6.38. The summed E-state index contributed by atoms with van der Waals surface area (Å²) in [6.07, 6.45) is 0.436. The minimum Gasteiger partial charge on any atom is -0.507 e. The van der Waals surface area contributed by atoms with Crippen LogP contribution in [0.3, 0.4) is 0 Å². The van der Waals surface area contributed by atoms with Gasteiger partial charge in [0, 0.05) is 11.4 Å². The Hall–Kier alpha value is -2.00. The van der Waals surface area contributed by atoms with Gasteiger partial charge in [0.15, 0.2) is 0 Å². The van der Waals surface area contributed by atoms with Crippen molar-refractivity contribution in [1.29, 1.82) is 0 Å². The van der Waals surface area contributed by atoms with Gasteiger partial charge in [0.05, 0.1) is 11.1 Å². The number of benzene rings is 2. The van der Waals surface area contributed by atoms with Crippen molar-refractivity contribution in [3.8, 4) is 11.5 Å². The number of rotatable bonds is 1. The lowest BCUT2D eigenvalue weighted by Crippen LogP contribution is -2.18. The molecule has 0 atom stereocenters.